The predicted octanol–water partition coefficient (Wildman–Crippen LogP) is 1.11. The van der Waals surface area contributed by atoms with E-state index in [2.05, 4.69) is 0 Å². The molecule has 1 N–H and O–H groups in total. The molecule has 0 aliphatic rings. The fraction of sp³-hybridized carbons (Fsp3) is 0.571. The highest BCUT2D eigenvalue weighted by Crippen LogP contribution is 2.02. The third-order valence-electron chi connectivity index (χ3n) is 2.60. The van der Waals surface area contributed by atoms with Gasteiger partial charge in [0.2, 0.25) is 0 Å². The summed E-state index contributed by atoms with van der Waals surface area (Å²) in [4.78, 5) is 23.3. The van der Waals surface area contributed by atoms with Gasteiger partial charge in [0.05, 0.1) is 6.10 Å². The number of aliphatic hydroxyl groups is 1. The molecule has 0 spiro atoms. The van der Waals surface area contributed by atoms with Crippen LogP contribution in [0.2, 0.25) is 0 Å². The van der Waals surface area contributed by atoms with Crippen LogP contribution in [-0.4, -0.2) is 28.4 Å². The monoisotopic (exact) mass is 267 g/mol. The van der Waals surface area contributed by atoms with Crippen LogP contribution in [0.1, 0.15) is 32.3 Å². The van der Waals surface area contributed by atoms with Crippen LogP contribution in [0.3, 0.4) is 0 Å². The van der Waals surface area contributed by atoms with E-state index in [0.29, 0.717) is 0 Å². The third kappa shape index (κ3) is 5.70. The number of pyridine rings is 1. The van der Waals surface area contributed by atoms with Crippen molar-refractivity contribution in [2.75, 3.05) is 6.61 Å². The molecular formula is C14H21NO4. The topological polar surface area (TPSA) is 68.5 Å². The second-order valence-corrected chi connectivity index (χ2v) is 4.72. The molecule has 106 valence electrons. The average molecular weight is 267 g/mol. The number of carbonyl (C=O) groups excluding carboxylic acids is 1. The molecule has 0 aliphatic carbocycles. The van der Waals surface area contributed by atoms with Crippen LogP contribution in [0.25, 0.3) is 0 Å². The smallest absolute Gasteiger partial charge is 0.326 e. The first-order valence-electron chi connectivity index (χ1n) is 6.52. The molecule has 0 unspecified atom stereocenters. The number of aromatic nitrogens is 1. The van der Waals surface area contributed by atoms with Crippen molar-refractivity contribution in [3.63, 3.8) is 0 Å². The van der Waals surface area contributed by atoms with E-state index in [1.807, 2.05) is 6.07 Å². The first-order chi connectivity index (χ1) is 9.02. The van der Waals surface area contributed by atoms with Crippen LogP contribution in [-0.2, 0) is 22.5 Å². The molecule has 0 aliphatic heterocycles. The summed E-state index contributed by atoms with van der Waals surface area (Å²) in [6.45, 7) is 3.64. The number of aliphatic hydroxyl groups excluding tert-OH is 1. The highest BCUT2D eigenvalue weighted by molar-refractivity contribution is 5.69. The van der Waals surface area contributed by atoms with Gasteiger partial charge in [-0.05, 0) is 44.7 Å². The van der Waals surface area contributed by atoms with E-state index in [-0.39, 0.29) is 24.8 Å². The van der Waals surface area contributed by atoms with E-state index in [9.17, 15) is 9.59 Å². The fourth-order valence-electron chi connectivity index (χ4n) is 1.72. The maximum atomic E-state index is 11.8. The van der Waals surface area contributed by atoms with Gasteiger partial charge in [-0.15, -0.1) is 0 Å². The summed E-state index contributed by atoms with van der Waals surface area (Å²) in [5, 5.41) is 8.70. The minimum absolute atomic E-state index is 0.0616. The number of rotatable bonds is 7. The molecule has 19 heavy (non-hydrogen) atoms. The van der Waals surface area contributed by atoms with Gasteiger partial charge in [0.1, 0.15) is 6.54 Å². The molecule has 0 saturated heterocycles. The highest BCUT2D eigenvalue weighted by Gasteiger charge is 2.08. The van der Waals surface area contributed by atoms with Gasteiger partial charge in [0, 0.05) is 18.9 Å². The standard InChI is InChI=1S/C14H21NO4/c1-11(2)19-14(18)10-15-7-6-12(9-13(15)17)5-3-4-8-16/h6-7,9,11,16H,3-5,8,10H2,1-2H3. The molecule has 1 aromatic heterocycles. The zero-order valence-electron chi connectivity index (χ0n) is 11.5. The number of ether oxygens (including phenoxy) is 1. The van der Waals surface area contributed by atoms with Crippen LogP contribution >= 0.6 is 0 Å². The normalized spacial score (nSPS) is 10.7. The number of nitrogens with zero attached hydrogens (tertiary/aromatic N) is 1. The summed E-state index contributed by atoms with van der Waals surface area (Å²) in [5.74, 6) is -0.412. The molecule has 1 rings (SSSR count). The average Bonchev–Trinajstić information content (AvgIpc) is 2.32. The maximum Gasteiger partial charge on any atom is 0.326 e. The van der Waals surface area contributed by atoms with E-state index < -0.39 is 5.97 Å². The number of esters is 1. The summed E-state index contributed by atoms with van der Waals surface area (Å²) in [6, 6.07) is 3.35. The van der Waals surface area contributed by atoms with Crippen molar-refractivity contribution < 1.29 is 14.6 Å². The van der Waals surface area contributed by atoms with E-state index in [1.165, 1.54) is 10.6 Å². The zero-order valence-corrected chi connectivity index (χ0v) is 11.5. The molecule has 0 amide bonds. The number of aryl methyl sites for hydroxylation is 1. The van der Waals surface area contributed by atoms with Crippen molar-refractivity contribution in [1.82, 2.24) is 4.57 Å². The molecule has 1 aromatic rings. The van der Waals surface area contributed by atoms with Crippen molar-refractivity contribution in [3.05, 3.63) is 34.2 Å². The Morgan fingerprint density at radius 2 is 2.16 bits per heavy atom. The third-order valence-corrected chi connectivity index (χ3v) is 2.60. The minimum atomic E-state index is -0.412. The summed E-state index contributed by atoms with van der Waals surface area (Å²) >= 11 is 0. The number of carbonyl (C=O) groups is 1. The van der Waals surface area contributed by atoms with E-state index in [4.69, 9.17) is 9.84 Å². The van der Waals surface area contributed by atoms with Crippen molar-refractivity contribution in [1.29, 1.82) is 0 Å². The Balaban J connectivity index is 2.62. The summed E-state index contributed by atoms with van der Waals surface area (Å²) < 4.78 is 6.33. The number of hydrogen-bond acceptors (Lipinski definition) is 4. The number of hydrogen-bond donors (Lipinski definition) is 1. The van der Waals surface area contributed by atoms with Crippen LogP contribution in [0.4, 0.5) is 0 Å². The lowest BCUT2D eigenvalue weighted by molar-refractivity contribution is -0.148. The van der Waals surface area contributed by atoms with E-state index in [1.54, 1.807) is 20.0 Å². The Hall–Kier alpha value is -1.62. The lowest BCUT2D eigenvalue weighted by atomic mass is 10.1. The molecule has 0 aromatic carbocycles. The van der Waals surface area contributed by atoms with Crippen molar-refractivity contribution in [2.45, 2.75) is 45.8 Å². The lowest BCUT2D eigenvalue weighted by Crippen LogP contribution is -2.26. The van der Waals surface area contributed by atoms with Crippen LogP contribution in [0, 0.1) is 0 Å². The van der Waals surface area contributed by atoms with Crippen LogP contribution < -0.4 is 5.56 Å². The second kappa shape index (κ2) is 7.74. The Labute approximate surface area is 112 Å². The first kappa shape index (κ1) is 15.4. The van der Waals surface area contributed by atoms with E-state index in [0.717, 1.165) is 24.8 Å². The van der Waals surface area contributed by atoms with Gasteiger partial charge >= 0.3 is 5.97 Å². The minimum Gasteiger partial charge on any atom is -0.462 e. The second-order valence-electron chi connectivity index (χ2n) is 4.72. The maximum absolute atomic E-state index is 11.8. The van der Waals surface area contributed by atoms with Crippen molar-refractivity contribution in [2.24, 2.45) is 0 Å². The van der Waals surface area contributed by atoms with Gasteiger partial charge in [-0.25, -0.2) is 0 Å². The Morgan fingerprint density at radius 1 is 1.42 bits per heavy atom. The quantitative estimate of drug-likeness (QED) is 0.593. The molecule has 0 saturated carbocycles. The lowest BCUT2D eigenvalue weighted by Gasteiger charge is -2.09. The molecule has 5 heteroatoms. The van der Waals surface area contributed by atoms with Crippen molar-refractivity contribution >= 4 is 5.97 Å². The van der Waals surface area contributed by atoms with Gasteiger partial charge in [0.15, 0.2) is 0 Å². The van der Waals surface area contributed by atoms with Gasteiger partial charge in [-0.3, -0.25) is 9.59 Å². The zero-order chi connectivity index (χ0) is 14.3. The SMILES string of the molecule is CC(C)OC(=O)Cn1ccc(CCCCO)cc1=O. The molecule has 0 fully saturated rings. The van der Waals surface area contributed by atoms with Crippen LogP contribution in [0.5, 0.6) is 0 Å². The van der Waals surface area contributed by atoms with Crippen LogP contribution in [0.15, 0.2) is 23.1 Å². The summed E-state index contributed by atoms with van der Waals surface area (Å²) in [5.41, 5.74) is 0.717. The Kier molecular flexibility index (Phi) is 6.29. The summed E-state index contributed by atoms with van der Waals surface area (Å²) in [6.07, 6.45) is 3.76. The molecule has 0 radical (unpaired) electrons. The first-order valence-corrected chi connectivity index (χ1v) is 6.52. The fourth-order valence-corrected chi connectivity index (χ4v) is 1.72. The van der Waals surface area contributed by atoms with Crippen molar-refractivity contribution in [3.8, 4) is 0 Å². The van der Waals surface area contributed by atoms with Gasteiger partial charge < -0.3 is 14.4 Å². The molecular weight excluding hydrogens is 246 g/mol. The highest BCUT2D eigenvalue weighted by atomic mass is 16.5. The largest absolute Gasteiger partial charge is 0.462 e. The predicted molar refractivity (Wildman–Crippen MR) is 72.0 cm³/mol. The number of unbranched alkanes of at least 4 members (excludes halogenated alkanes) is 1. The van der Waals surface area contributed by atoms with Gasteiger partial charge in [0.25, 0.3) is 5.56 Å². The van der Waals surface area contributed by atoms with E-state index >= 15 is 0 Å². The molecule has 5 nitrogen and oxygen atoms in total. The summed E-state index contributed by atoms with van der Waals surface area (Å²) in [7, 11) is 0. The van der Waals surface area contributed by atoms with Gasteiger partial charge in [-0.2, -0.15) is 0 Å². The Morgan fingerprint density at radius 3 is 2.74 bits per heavy atom. The Bertz CT molecular complexity index is 465. The molecule has 0 bridgehead atoms. The van der Waals surface area contributed by atoms with Gasteiger partial charge in [-0.1, -0.05) is 0 Å². The molecule has 1 heterocycles. The molecule has 0 atom stereocenters.